The van der Waals surface area contributed by atoms with Crippen LogP contribution in [0.5, 0.6) is 0 Å². The molecule has 0 radical (unpaired) electrons. The van der Waals surface area contributed by atoms with E-state index in [0.29, 0.717) is 6.04 Å². The minimum Gasteiger partial charge on any atom is -0.403 e. The van der Waals surface area contributed by atoms with Crippen LogP contribution in [-0.2, 0) is 0 Å². The van der Waals surface area contributed by atoms with Crippen molar-refractivity contribution in [2.75, 3.05) is 13.1 Å². The van der Waals surface area contributed by atoms with Gasteiger partial charge in [0.1, 0.15) is 0 Å². The summed E-state index contributed by atoms with van der Waals surface area (Å²) in [5.41, 5.74) is 10.7. The Morgan fingerprint density at radius 1 is 1.33 bits per heavy atom. The van der Waals surface area contributed by atoms with Gasteiger partial charge in [-0.25, -0.2) is 0 Å². The van der Waals surface area contributed by atoms with Gasteiger partial charge in [-0.05, 0) is 33.2 Å². The second kappa shape index (κ2) is 6.98. The van der Waals surface area contributed by atoms with Crippen LogP contribution in [0.1, 0.15) is 26.7 Å². The molecule has 0 unspecified atom stereocenters. The zero-order valence-electron chi connectivity index (χ0n) is 8.16. The largest absolute Gasteiger partial charge is 0.403 e. The molecule has 0 aliphatic rings. The van der Waals surface area contributed by atoms with E-state index in [0.717, 1.165) is 25.9 Å². The van der Waals surface area contributed by atoms with Gasteiger partial charge in [0.05, 0.1) is 0 Å². The van der Waals surface area contributed by atoms with Crippen LogP contribution in [0.2, 0.25) is 0 Å². The zero-order valence-corrected chi connectivity index (χ0v) is 8.16. The lowest BCUT2D eigenvalue weighted by atomic mass is 10.2. The van der Waals surface area contributed by atoms with Gasteiger partial charge in [-0.1, -0.05) is 0 Å². The third-order valence-electron chi connectivity index (χ3n) is 1.81. The first-order valence-electron chi connectivity index (χ1n) is 4.56. The van der Waals surface area contributed by atoms with Crippen LogP contribution in [-0.4, -0.2) is 24.0 Å². The first-order chi connectivity index (χ1) is 5.72. The fraction of sp³-hybridized carbons (Fsp3) is 0.778. The molecule has 0 aliphatic heterocycles. The van der Waals surface area contributed by atoms with E-state index in [1.807, 2.05) is 6.20 Å². The van der Waals surface area contributed by atoms with Gasteiger partial charge >= 0.3 is 0 Å². The number of hydrogen-bond acceptors (Lipinski definition) is 3. The van der Waals surface area contributed by atoms with Crippen LogP contribution >= 0.6 is 0 Å². The smallest absolute Gasteiger partial charge is 0.0228 e. The minimum absolute atomic E-state index is 0.516. The maximum atomic E-state index is 5.40. The molecule has 0 saturated carbocycles. The lowest BCUT2D eigenvalue weighted by Gasteiger charge is -2.24. The maximum absolute atomic E-state index is 5.40. The second-order valence-corrected chi connectivity index (χ2v) is 3.17. The van der Waals surface area contributed by atoms with E-state index in [9.17, 15) is 0 Å². The Labute approximate surface area is 75.4 Å². The molecule has 72 valence electrons. The Morgan fingerprint density at radius 2 is 2.00 bits per heavy atom. The summed E-state index contributed by atoms with van der Waals surface area (Å²) in [6.45, 7) is 6.13. The summed E-state index contributed by atoms with van der Waals surface area (Å²) in [7, 11) is 0. The molecule has 0 amide bonds. The molecule has 0 bridgehead atoms. The van der Waals surface area contributed by atoms with E-state index in [2.05, 4.69) is 18.7 Å². The summed E-state index contributed by atoms with van der Waals surface area (Å²) in [4.78, 5) is 2.22. The quantitative estimate of drug-likeness (QED) is 0.583. The van der Waals surface area contributed by atoms with E-state index in [1.165, 1.54) is 0 Å². The molecule has 0 aromatic rings. The van der Waals surface area contributed by atoms with Crippen LogP contribution in [0.3, 0.4) is 0 Å². The van der Waals surface area contributed by atoms with Crippen molar-refractivity contribution in [3.63, 3.8) is 0 Å². The minimum atomic E-state index is 0.516. The van der Waals surface area contributed by atoms with Crippen molar-refractivity contribution in [3.05, 3.63) is 12.4 Å². The van der Waals surface area contributed by atoms with E-state index < -0.39 is 0 Å². The molecule has 0 saturated heterocycles. The summed E-state index contributed by atoms with van der Waals surface area (Å²) < 4.78 is 0. The van der Waals surface area contributed by atoms with Crippen molar-refractivity contribution in [2.45, 2.75) is 32.7 Å². The average molecular weight is 171 g/mol. The zero-order chi connectivity index (χ0) is 9.40. The number of nitrogens with two attached hydrogens (primary N) is 2. The standard InChI is InChI=1S/C9H21N3/c1-9(2)12(8-6-11)7-4-3-5-10/h6,8-9H,3-5,7,10-11H2,1-2H3/b8-6-. The number of hydrogen-bond donors (Lipinski definition) is 2. The van der Waals surface area contributed by atoms with E-state index in [1.54, 1.807) is 6.20 Å². The highest BCUT2D eigenvalue weighted by Crippen LogP contribution is 2.01. The molecule has 4 N–H and O–H groups in total. The predicted molar refractivity (Wildman–Crippen MR) is 53.5 cm³/mol. The molecule has 0 aliphatic carbocycles. The van der Waals surface area contributed by atoms with Gasteiger partial charge in [0, 0.05) is 25.0 Å². The van der Waals surface area contributed by atoms with Crippen LogP contribution in [0.4, 0.5) is 0 Å². The van der Waals surface area contributed by atoms with Gasteiger partial charge in [0.15, 0.2) is 0 Å². The van der Waals surface area contributed by atoms with Crippen molar-refractivity contribution >= 4 is 0 Å². The second-order valence-electron chi connectivity index (χ2n) is 3.17. The summed E-state index contributed by atoms with van der Waals surface area (Å²) in [6, 6.07) is 0.516. The number of unbranched alkanes of at least 4 members (excludes halogenated alkanes) is 1. The first-order valence-corrected chi connectivity index (χ1v) is 4.56. The SMILES string of the molecule is CC(C)N(/C=C\N)CCCCN. The van der Waals surface area contributed by atoms with E-state index >= 15 is 0 Å². The fourth-order valence-electron chi connectivity index (χ4n) is 1.05. The summed E-state index contributed by atoms with van der Waals surface area (Å²) in [5.74, 6) is 0. The van der Waals surface area contributed by atoms with Gasteiger partial charge in [-0.3, -0.25) is 0 Å². The topological polar surface area (TPSA) is 55.3 Å². The van der Waals surface area contributed by atoms with Crippen molar-refractivity contribution in [1.29, 1.82) is 0 Å². The third-order valence-corrected chi connectivity index (χ3v) is 1.81. The number of nitrogens with zero attached hydrogens (tertiary/aromatic N) is 1. The molecule has 0 rings (SSSR count). The van der Waals surface area contributed by atoms with Gasteiger partial charge in [-0.2, -0.15) is 0 Å². The molecule has 0 aromatic heterocycles. The van der Waals surface area contributed by atoms with Gasteiger partial charge < -0.3 is 16.4 Å². The molecule has 3 heteroatoms. The molecule has 0 spiro atoms. The van der Waals surface area contributed by atoms with Gasteiger partial charge in [0.25, 0.3) is 0 Å². The average Bonchev–Trinajstić information content (AvgIpc) is 2.03. The highest BCUT2D eigenvalue weighted by Gasteiger charge is 2.02. The first kappa shape index (κ1) is 11.3. The molecule has 0 aromatic carbocycles. The van der Waals surface area contributed by atoms with Crippen molar-refractivity contribution in [3.8, 4) is 0 Å². The highest BCUT2D eigenvalue weighted by molar-refractivity contribution is 4.79. The van der Waals surface area contributed by atoms with Gasteiger partial charge in [-0.15, -0.1) is 0 Å². The van der Waals surface area contributed by atoms with Crippen LogP contribution < -0.4 is 11.5 Å². The molecule has 0 atom stereocenters. The third kappa shape index (κ3) is 5.02. The molecule has 0 fully saturated rings. The molecule has 12 heavy (non-hydrogen) atoms. The monoisotopic (exact) mass is 171 g/mol. The van der Waals surface area contributed by atoms with Crippen molar-refractivity contribution in [2.24, 2.45) is 11.5 Å². The molecule has 3 nitrogen and oxygen atoms in total. The van der Waals surface area contributed by atoms with Crippen molar-refractivity contribution in [1.82, 2.24) is 4.90 Å². The molecular formula is C9H21N3. The van der Waals surface area contributed by atoms with Crippen molar-refractivity contribution < 1.29 is 0 Å². The summed E-state index contributed by atoms with van der Waals surface area (Å²) in [5, 5.41) is 0. The predicted octanol–water partition coefficient (Wildman–Crippen LogP) is 0.866. The number of rotatable bonds is 6. The van der Waals surface area contributed by atoms with Crippen LogP contribution in [0.15, 0.2) is 12.4 Å². The van der Waals surface area contributed by atoms with E-state index in [4.69, 9.17) is 11.5 Å². The van der Waals surface area contributed by atoms with E-state index in [-0.39, 0.29) is 0 Å². The Kier molecular flexibility index (Phi) is 6.57. The highest BCUT2D eigenvalue weighted by atomic mass is 15.1. The Morgan fingerprint density at radius 3 is 2.42 bits per heavy atom. The molecule has 0 heterocycles. The Bertz CT molecular complexity index is 121. The normalized spacial score (nSPS) is 11.3. The fourth-order valence-corrected chi connectivity index (χ4v) is 1.05. The summed E-state index contributed by atoms with van der Waals surface area (Å²) >= 11 is 0. The Balaban J connectivity index is 3.64. The maximum Gasteiger partial charge on any atom is 0.0228 e. The van der Waals surface area contributed by atoms with Crippen LogP contribution in [0.25, 0.3) is 0 Å². The lowest BCUT2D eigenvalue weighted by Crippen LogP contribution is -2.27. The Hall–Kier alpha value is -0.700. The van der Waals surface area contributed by atoms with Gasteiger partial charge in [0.2, 0.25) is 0 Å². The lowest BCUT2D eigenvalue weighted by molar-refractivity contribution is 0.304. The summed E-state index contributed by atoms with van der Waals surface area (Å²) in [6.07, 6.45) is 5.74. The molecular weight excluding hydrogens is 150 g/mol. The van der Waals surface area contributed by atoms with Crippen LogP contribution in [0, 0.1) is 0 Å².